The monoisotopic (exact) mass is 318 g/mol. The van der Waals surface area contributed by atoms with Crippen molar-refractivity contribution in [3.05, 3.63) is 0 Å². The van der Waals surface area contributed by atoms with E-state index in [2.05, 4.69) is 30.3 Å². The highest BCUT2D eigenvalue weighted by atomic mass is 32.2. The second-order valence-electron chi connectivity index (χ2n) is 6.69. The van der Waals surface area contributed by atoms with Crippen LogP contribution < -0.4 is 5.32 Å². The summed E-state index contributed by atoms with van der Waals surface area (Å²) in [5.41, 5.74) is 0.172. The fourth-order valence-electron chi connectivity index (χ4n) is 3.35. The third-order valence-electron chi connectivity index (χ3n) is 4.84. The van der Waals surface area contributed by atoms with Crippen LogP contribution in [-0.4, -0.2) is 63.3 Å². The van der Waals surface area contributed by atoms with Crippen LogP contribution in [0.1, 0.15) is 39.5 Å². The van der Waals surface area contributed by atoms with Gasteiger partial charge in [0.25, 0.3) is 0 Å². The van der Waals surface area contributed by atoms with Gasteiger partial charge in [0.2, 0.25) is 0 Å². The quantitative estimate of drug-likeness (QED) is 0.841. The fraction of sp³-hybridized carbons (Fsp3) is 1.00. The van der Waals surface area contributed by atoms with Crippen LogP contribution in [0.25, 0.3) is 0 Å². The molecule has 2 atom stereocenters. The van der Waals surface area contributed by atoms with E-state index < -0.39 is 10.8 Å². The molecule has 0 bridgehead atoms. The van der Waals surface area contributed by atoms with Gasteiger partial charge in [0.1, 0.15) is 0 Å². The van der Waals surface area contributed by atoms with E-state index in [1.165, 1.54) is 25.7 Å². The molecule has 0 aromatic rings. The first-order valence-corrected chi connectivity index (χ1v) is 10.7. The van der Waals surface area contributed by atoms with Crippen LogP contribution in [0.5, 0.6) is 0 Å². The number of hydrogen-bond donors (Lipinski definition) is 1. The van der Waals surface area contributed by atoms with Gasteiger partial charge in [-0.15, -0.1) is 0 Å². The van der Waals surface area contributed by atoms with Crippen molar-refractivity contribution in [1.29, 1.82) is 0 Å². The van der Waals surface area contributed by atoms with Crippen molar-refractivity contribution in [1.82, 2.24) is 10.2 Å². The standard InChI is InChI=1S/C15H30N2OS2/c1-15(2,17-8-10-20(18)11-9-17)12-16-13-6-4-5-7-14(13)19-3/h13-14,16H,4-12H2,1-3H3/t13-,14-/m1/s1. The molecule has 3 nitrogen and oxygen atoms in total. The lowest BCUT2D eigenvalue weighted by Gasteiger charge is -2.42. The summed E-state index contributed by atoms with van der Waals surface area (Å²) in [7, 11) is -0.576. The van der Waals surface area contributed by atoms with Crippen LogP contribution in [0.4, 0.5) is 0 Å². The zero-order valence-electron chi connectivity index (χ0n) is 13.2. The average molecular weight is 319 g/mol. The summed E-state index contributed by atoms with van der Waals surface area (Å²) in [6.45, 7) is 7.66. The molecule has 20 heavy (non-hydrogen) atoms. The van der Waals surface area contributed by atoms with E-state index in [0.29, 0.717) is 6.04 Å². The second kappa shape index (κ2) is 7.61. The maximum Gasteiger partial charge on any atom is 0.0363 e. The van der Waals surface area contributed by atoms with Crippen LogP contribution in [0.2, 0.25) is 0 Å². The first-order valence-electron chi connectivity index (χ1n) is 7.89. The highest BCUT2D eigenvalue weighted by Gasteiger charge is 2.31. The average Bonchev–Trinajstić information content (AvgIpc) is 2.46. The Morgan fingerprint density at radius 3 is 2.55 bits per heavy atom. The summed E-state index contributed by atoms with van der Waals surface area (Å²) in [6, 6.07) is 0.678. The van der Waals surface area contributed by atoms with Crippen LogP contribution in [0.3, 0.4) is 0 Å². The zero-order valence-corrected chi connectivity index (χ0v) is 14.8. The SMILES string of the molecule is CS[C@@H]1CCCC[C@H]1NCC(C)(C)N1CCS(=O)CC1. The lowest BCUT2D eigenvalue weighted by molar-refractivity contribution is 0.125. The van der Waals surface area contributed by atoms with Crippen molar-refractivity contribution in [2.45, 2.75) is 56.4 Å². The molecule has 1 aliphatic heterocycles. The van der Waals surface area contributed by atoms with Crippen molar-refractivity contribution >= 4 is 22.6 Å². The molecule has 5 heteroatoms. The lowest BCUT2D eigenvalue weighted by atomic mass is 9.93. The summed E-state index contributed by atoms with van der Waals surface area (Å²) in [4.78, 5) is 2.51. The summed E-state index contributed by atoms with van der Waals surface area (Å²) in [5.74, 6) is 1.70. The molecule has 1 aliphatic carbocycles. The van der Waals surface area contributed by atoms with Gasteiger partial charge in [-0.3, -0.25) is 9.11 Å². The summed E-state index contributed by atoms with van der Waals surface area (Å²) >= 11 is 2.02. The van der Waals surface area contributed by atoms with Crippen LogP contribution in [-0.2, 0) is 10.8 Å². The Balaban J connectivity index is 1.83. The highest BCUT2D eigenvalue weighted by Crippen LogP contribution is 2.27. The maximum atomic E-state index is 11.5. The minimum absolute atomic E-state index is 0.172. The summed E-state index contributed by atoms with van der Waals surface area (Å²) in [5, 5.41) is 4.62. The molecule has 2 rings (SSSR count). The van der Waals surface area contributed by atoms with Crippen molar-refractivity contribution < 1.29 is 4.21 Å². The largest absolute Gasteiger partial charge is 0.311 e. The van der Waals surface area contributed by atoms with Gasteiger partial charge in [0.15, 0.2) is 0 Å². The molecular formula is C15H30N2OS2. The Bertz CT molecular complexity index is 326. The van der Waals surface area contributed by atoms with Crippen molar-refractivity contribution in [3.63, 3.8) is 0 Å². The van der Waals surface area contributed by atoms with Gasteiger partial charge in [-0.05, 0) is 32.9 Å². The van der Waals surface area contributed by atoms with E-state index in [1.807, 2.05) is 11.8 Å². The van der Waals surface area contributed by atoms with Crippen LogP contribution >= 0.6 is 11.8 Å². The maximum absolute atomic E-state index is 11.5. The van der Waals surface area contributed by atoms with E-state index in [9.17, 15) is 4.21 Å². The predicted molar refractivity (Wildman–Crippen MR) is 91.1 cm³/mol. The van der Waals surface area contributed by atoms with Gasteiger partial charge in [0, 0.05) is 58.8 Å². The molecular weight excluding hydrogens is 288 g/mol. The number of thioether (sulfide) groups is 1. The lowest BCUT2D eigenvalue weighted by Crippen LogP contribution is -2.57. The first kappa shape index (κ1) is 16.8. The molecule has 0 spiro atoms. The van der Waals surface area contributed by atoms with Gasteiger partial charge in [0.05, 0.1) is 0 Å². The van der Waals surface area contributed by atoms with E-state index in [1.54, 1.807) is 0 Å². The molecule has 1 saturated heterocycles. The van der Waals surface area contributed by atoms with Crippen LogP contribution in [0, 0.1) is 0 Å². The Morgan fingerprint density at radius 1 is 1.25 bits per heavy atom. The molecule has 1 saturated carbocycles. The topological polar surface area (TPSA) is 32.3 Å². The number of nitrogens with zero attached hydrogens (tertiary/aromatic N) is 1. The molecule has 2 fully saturated rings. The molecule has 0 amide bonds. The molecule has 0 aromatic heterocycles. The number of nitrogens with one attached hydrogen (secondary N) is 1. The smallest absolute Gasteiger partial charge is 0.0363 e. The molecule has 1 N–H and O–H groups in total. The first-order chi connectivity index (χ1) is 9.53. The Labute approximate surface area is 131 Å². The molecule has 0 aromatic carbocycles. The van der Waals surface area contributed by atoms with E-state index in [4.69, 9.17) is 0 Å². The van der Waals surface area contributed by atoms with Gasteiger partial charge in [-0.2, -0.15) is 11.8 Å². The van der Waals surface area contributed by atoms with E-state index in [0.717, 1.165) is 36.4 Å². The molecule has 0 radical (unpaired) electrons. The fourth-order valence-corrected chi connectivity index (χ4v) is 5.36. The van der Waals surface area contributed by atoms with E-state index in [-0.39, 0.29) is 5.54 Å². The Hall–Kier alpha value is 0.420. The Kier molecular flexibility index (Phi) is 6.39. The molecule has 118 valence electrons. The zero-order chi connectivity index (χ0) is 14.6. The van der Waals surface area contributed by atoms with Crippen LogP contribution in [0.15, 0.2) is 0 Å². The number of rotatable bonds is 5. The second-order valence-corrected chi connectivity index (χ2v) is 9.47. The van der Waals surface area contributed by atoms with Gasteiger partial charge < -0.3 is 5.32 Å². The van der Waals surface area contributed by atoms with Gasteiger partial charge in [-0.1, -0.05) is 12.8 Å². The summed E-state index contributed by atoms with van der Waals surface area (Å²) < 4.78 is 11.5. The third-order valence-corrected chi connectivity index (χ3v) is 7.28. The minimum atomic E-state index is -0.576. The normalized spacial score (nSPS) is 30.6. The minimum Gasteiger partial charge on any atom is -0.311 e. The van der Waals surface area contributed by atoms with Gasteiger partial charge in [-0.25, -0.2) is 0 Å². The Morgan fingerprint density at radius 2 is 1.90 bits per heavy atom. The van der Waals surface area contributed by atoms with Crippen molar-refractivity contribution in [3.8, 4) is 0 Å². The van der Waals surface area contributed by atoms with Crippen molar-refractivity contribution in [2.75, 3.05) is 37.4 Å². The predicted octanol–water partition coefficient (Wildman–Crippen LogP) is 2.09. The highest BCUT2D eigenvalue weighted by molar-refractivity contribution is 7.99. The van der Waals surface area contributed by atoms with E-state index >= 15 is 0 Å². The van der Waals surface area contributed by atoms with Gasteiger partial charge >= 0.3 is 0 Å². The molecule has 0 unspecified atom stereocenters. The number of hydrogen-bond acceptors (Lipinski definition) is 4. The van der Waals surface area contributed by atoms with Crippen molar-refractivity contribution in [2.24, 2.45) is 0 Å². The molecule has 2 aliphatic rings. The summed E-state index contributed by atoms with van der Waals surface area (Å²) in [6.07, 6.45) is 7.70. The third kappa shape index (κ3) is 4.46. The molecule has 1 heterocycles.